The number of carbonyl (C=O) groups is 3. The summed E-state index contributed by atoms with van der Waals surface area (Å²) in [5, 5.41) is 5.36. The number of unbranched alkanes of at least 4 members (excludes halogenated alkanes) is 1. The number of nitrogens with one attached hydrogen (secondary N) is 2. The molecule has 2 rings (SSSR count). The van der Waals surface area contributed by atoms with Crippen molar-refractivity contribution in [3.8, 4) is 5.75 Å². The minimum absolute atomic E-state index is 0.153. The summed E-state index contributed by atoms with van der Waals surface area (Å²) in [6.45, 7) is 3.78. The van der Waals surface area contributed by atoms with Crippen LogP contribution in [0, 0.1) is 0 Å². The van der Waals surface area contributed by atoms with Gasteiger partial charge in [-0.05, 0) is 36.3 Å². The average Bonchev–Trinajstić information content (AvgIpc) is 2.74. The Morgan fingerprint density at radius 3 is 2.35 bits per heavy atom. The Bertz CT molecular complexity index is 971. The number of amides is 2. The third kappa shape index (κ3) is 7.57. The third-order valence-corrected chi connectivity index (χ3v) is 4.67. The van der Waals surface area contributed by atoms with Gasteiger partial charge in [-0.15, -0.1) is 0 Å². The van der Waals surface area contributed by atoms with Crippen molar-refractivity contribution in [3.05, 3.63) is 58.1 Å². The molecule has 0 aliphatic rings. The predicted octanol–water partition coefficient (Wildman–Crippen LogP) is 5.02. The van der Waals surface area contributed by atoms with Gasteiger partial charge >= 0.3 is 5.97 Å². The van der Waals surface area contributed by atoms with E-state index in [2.05, 4.69) is 26.6 Å². The largest absolute Gasteiger partial charge is 0.493 e. The normalized spacial score (nSPS) is 10.6. The summed E-state index contributed by atoms with van der Waals surface area (Å²) in [6, 6.07) is 10.4. The van der Waals surface area contributed by atoms with Crippen molar-refractivity contribution in [2.75, 3.05) is 24.4 Å². The lowest BCUT2D eigenvalue weighted by Crippen LogP contribution is -2.15. The van der Waals surface area contributed by atoms with E-state index in [0.717, 1.165) is 22.9 Å². The van der Waals surface area contributed by atoms with Crippen molar-refractivity contribution in [3.63, 3.8) is 0 Å². The van der Waals surface area contributed by atoms with Gasteiger partial charge in [0.2, 0.25) is 11.8 Å². The molecule has 7 nitrogen and oxygen atoms in total. The number of carbonyl (C=O) groups excluding carboxylic acids is 3. The van der Waals surface area contributed by atoms with Crippen LogP contribution in [0.1, 0.15) is 42.6 Å². The first-order chi connectivity index (χ1) is 14.8. The molecule has 0 spiro atoms. The van der Waals surface area contributed by atoms with Crippen molar-refractivity contribution >= 4 is 51.2 Å². The van der Waals surface area contributed by atoms with E-state index in [-0.39, 0.29) is 22.9 Å². The van der Waals surface area contributed by atoms with Gasteiger partial charge in [0.25, 0.3) is 0 Å². The molecule has 0 radical (unpaired) electrons. The number of rotatable bonds is 9. The van der Waals surface area contributed by atoms with Crippen LogP contribution in [-0.4, -0.2) is 31.5 Å². The predicted molar refractivity (Wildman–Crippen MR) is 124 cm³/mol. The summed E-state index contributed by atoms with van der Waals surface area (Å²) < 4.78 is 11.5. The summed E-state index contributed by atoms with van der Waals surface area (Å²) in [4.78, 5) is 36.4. The van der Waals surface area contributed by atoms with E-state index in [9.17, 15) is 14.4 Å². The van der Waals surface area contributed by atoms with Crippen molar-refractivity contribution in [1.82, 2.24) is 0 Å². The Morgan fingerprint density at radius 2 is 1.74 bits per heavy atom. The molecule has 2 aromatic rings. The molecule has 0 atom stereocenters. The summed E-state index contributed by atoms with van der Waals surface area (Å²) in [7, 11) is 1.26. The Hall–Kier alpha value is -3.13. The lowest BCUT2D eigenvalue weighted by Gasteiger charge is -2.16. The van der Waals surface area contributed by atoms with Crippen molar-refractivity contribution in [1.29, 1.82) is 0 Å². The van der Waals surface area contributed by atoms with E-state index in [1.54, 1.807) is 6.08 Å². The van der Waals surface area contributed by atoms with Gasteiger partial charge in [-0.3, -0.25) is 9.59 Å². The van der Waals surface area contributed by atoms with Gasteiger partial charge in [0.1, 0.15) is 11.3 Å². The number of anilines is 2. The minimum Gasteiger partial charge on any atom is -0.493 e. The fourth-order valence-electron chi connectivity index (χ4n) is 2.61. The van der Waals surface area contributed by atoms with Gasteiger partial charge < -0.3 is 20.1 Å². The van der Waals surface area contributed by atoms with Crippen LogP contribution in [0.15, 0.2) is 46.9 Å². The van der Waals surface area contributed by atoms with Gasteiger partial charge in [0.05, 0.1) is 25.1 Å². The van der Waals surface area contributed by atoms with Gasteiger partial charge in [-0.25, -0.2) is 4.79 Å². The molecule has 0 saturated carbocycles. The molecule has 31 heavy (non-hydrogen) atoms. The highest BCUT2D eigenvalue weighted by atomic mass is 79.9. The van der Waals surface area contributed by atoms with E-state index in [1.807, 2.05) is 31.2 Å². The molecule has 0 aromatic heterocycles. The molecular weight excluding hydrogens is 464 g/mol. The summed E-state index contributed by atoms with van der Waals surface area (Å²) in [6.07, 6.45) is 4.74. The summed E-state index contributed by atoms with van der Waals surface area (Å²) in [5.74, 6) is -1.09. The zero-order chi connectivity index (χ0) is 22.8. The maximum absolute atomic E-state index is 12.5. The van der Waals surface area contributed by atoms with E-state index in [4.69, 9.17) is 9.47 Å². The highest BCUT2D eigenvalue weighted by Gasteiger charge is 2.19. The quantitative estimate of drug-likeness (QED) is 0.293. The second-order valence-electron chi connectivity index (χ2n) is 6.64. The molecule has 2 aromatic carbocycles. The van der Waals surface area contributed by atoms with Crippen LogP contribution in [0.25, 0.3) is 6.08 Å². The van der Waals surface area contributed by atoms with Crippen LogP contribution in [0.3, 0.4) is 0 Å². The Kier molecular flexibility index (Phi) is 9.27. The lowest BCUT2D eigenvalue weighted by molar-refractivity contribution is -0.114. The second kappa shape index (κ2) is 11.9. The van der Waals surface area contributed by atoms with Gasteiger partial charge in [-0.2, -0.15) is 0 Å². The number of esters is 1. The number of benzene rings is 2. The number of hydrogen-bond donors (Lipinski definition) is 2. The number of methoxy groups -OCH3 is 1. The maximum atomic E-state index is 12.5. The molecule has 0 bridgehead atoms. The smallest absolute Gasteiger partial charge is 0.341 e. The number of halogens is 1. The Balaban J connectivity index is 2.33. The van der Waals surface area contributed by atoms with Crippen molar-refractivity contribution < 1.29 is 23.9 Å². The third-order valence-electron chi connectivity index (χ3n) is 4.15. The van der Waals surface area contributed by atoms with Crippen LogP contribution in [0.5, 0.6) is 5.75 Å². The second-order valence-corrected chi connectivity index (χ2v) is 7.56. The first kappa shape index (κ1) is 24.1. The fourth-order valence-corrected chi connectivity index (χ4v) is 2.88. The fraction of sp³-hybridized carbons (Fsp3) is 0.261. The summed E-state index contributed by atoms with van der Waals surface area (Å²) >= 11 is 3.36. The zero-order valence-electron chi connectivity index (χ0n) is 17.7. The molecule has 0 fully saturated rings. The van der Waals surface area contributed by atoms with Gasteiger partial charge in [-0.1, -0.05) is 41.4 Å². The van der Waals surface area contributed by atoms with E-state index < -0.39 is 11.9 Å². The molecule has 2 N–H and O–H groups in total. The van der Waals surface area contributed by atoms with Crippen molar-refractivity contribution in [2.24, 2.45) is 0 Å². The summed E-state index contributed by atoms with van der Waals surface area (Å²) in [5.41, 5.74) is 1.57. The molecule has 0 heterocycles. The van der Waals surface area contributed by atoms with Crippen LogP contribution >= 0.6 is 15.9 Å². The van der Waals surface area contributed by atoms with E-state index >= 15 is 0 Å². The van der Waals surface area contributed by atoms with E-state index in [0.29, 0.717) is 12.3 Å². The van der Waals surface area contributed by atoms with Gasteiger partial charge in [0.15, 0.2) is 0 Å². The lowest BCUT2D eigenvalue weighted by atomic mass is 10.1. The molecule has 0 unspecified atom stereocenters. The maximum Gasteiger partial charge on any atom is 0.341 e. The molecule has 2 amide bonds. The van der Waals surface area contributed by atoms with Gasteiger partial charge in [0, 0.05) is 23.5 Å². The highest BCUT2D eigenvalue weighted by Crippen LogP contribution is 2.32. The Labute approximate surface area is 189 Å². The standard InChI is InChI=1S/C23H25BrN2O5/c1-4-5-12-31-21-14-20(25-15(2)27)19(13-18(21)23(29)30-3)26-22(28)11-8-16-6-9-17(24)10-7-16/h6-11,13-14H,4-5,12H2,1-3H3,(H,25,27)(H,26,28). The molecule has 0 aliphatic carbocycles. The molecule has 164 valence electrons. The number of hydrogen-bond acceptors (Lipinski definition) is 5. The van der Waals surface area contributed by atoms with E-state index in [1.165, 1.54) is 32.2 Å². The minimum atomic E-state index is -0.609. The molecular formula is C23H25BrN2O5. The molecule has 8 heteroatoms. The zero-order valence-corrected chi connectivity index (χ0v) is 19.2. The average molecular weight is 489 g/mol. The molecule has 0 saturated heterocycles. The topological polar surface area (TPSA) is 93.7 Å². The van der Waals surface area contributed by atoms with Crippen LogP contribution < -0.4 is 15.4 Å². The Morgan fingerprint density at radius 1 is 1.06 bits per heavy atom. The molecule has 0 aliphatic heterocycles. The van der Waals surface area contributed by atoms with Crippen LogP contribution in [0.2, 0.25) is 0 Å². The van der Waals surface area contributed by atoms with Crippen LogP contribution in [0.4, 0.5) is 11.4 Å². The highest BCUT2D eigenvalue weighted by molar-refractivity contribution is 9.10. The van der Waals surface area contributed by atoms with Crippen molar-refractivity contribution in [2.45, 2.75) is 26.7 Å². The number of ether oxygens (including phenoxy) is 2. The van der Waals surface area contributed by atoms with Crippen LogP contribution in [-0.2, 0) is 14.3 Å². The monoisotopic (exact) mass is 488 g/mol. The SMILES string of the molecule is CCCCOc1cc(NC(C)=O)c(NC(=O)C=Cc2ccc(Br)cc2)cc1C(=O)OC. The first-order valence-corrected chi connectivity index (χ1v) is 10.5. The first-order valence-electron chi connectivity index (χ1n) is 9.75.